The molecule has 1 atom stereocenters. The van der Waals surface area contributed by atoms with E-state index < -0.39 is 28.5 Å². The molecule has 0 heterocycles. The fraction of sp³-hybridized carbons (Fsp3) is 0.316. The lowest BCUT2D eigenvalue weighted by Crippen LogP contribution is -2.55. The summed E-state index contributed by atoms with van der Waals surface area (Å²) in [5, 5.41) is 3.67. The summed E-state index contributed by atoms with van der Waals surface area (Å²) in [6, 6.07) is 28.8. The maximum absolute atomic E-state index is 14.7. The molecule has 252 valence electrons. The summed E-state index contributed by atoms with van der Waals surface area (Å²) in [6.07, 6.45) is 5.19. The van der Waals surface area contributed by atoms with Crippen molar-refractivity contribution in [3.8, 4) is 5.75 Å². The first-order chi connectivity index (χ1) is 23.2. The Balaban J connectivity index is 1.57. The number of sulfonamides is 1. The largest absolute Gasteiger partial charge is 0.497 e. The van der Waals surface area contributed by atoms with Gasteiger partial charge in [0.2, 0.25) is 11.8 Å². The Labute approximate surface area is 288 Å². The fourth-order valence-electron chi connectivity index (χ4n) is 6.02. The number of aryl methyl sites for hydroxylation is 1. The van der Waals surface area contributed by atoms with Crippen LogP contribution in [0.1, 0.15) is 48.8 Å². The van der Waals surface area contributed by atoms with E-state index in [1.165, 1.54) is 24.1 Å². The first-order valence-electron chi connectivity index (χ1n) is 16.3. The van der Waals surface area contributed by atoms with Crippen LogP contribution in [0.4, 0.5) is 5.69 Å². The van der Waals surface area contributed by atoms with E-state index in [1.54, 1.807) is 48.5 Å². The number of carbonyl (C=O) groups is 2. The Morgan fingerprint density at radius 1 is 0.875 bits per heavy atom. The lowest BCUT2D eigenvalue weighted by Gasteiger charge is -2.35. The van der Waals surface area contributed by atoms with Gasteiger partial charge in [-0.2, -0.15) is 0 Å². The molecule has 0 spiro atoms. The molecule has 4 aromatic carbocycles. The van der Waals surface area contributed by atoms with Gasteiger partial charge in [0.05, 0.1) is 17.7 Å². The van der Waals surface area contributed by atoms with E-state index in [0.717, 1.165) is 47.5 Å². The molecule has 1 saturated carbocycles. The molecule has 1 unspecified atom stereocenters. The van der Waals surface area contributed by atoms with Crippen LogP contribution in [0, 0.1) is 6.92 Å². The van der Waals surface area contributed by atoms with Crippen molar-refractivity contribution < 1.29 is 22.7 Å². The van der Waals surface area contributed by atoms with Crippen LogP contribution in [0.3, 0.4) is 0 Å². The average molecular weight is 688 g/mol. The van der Waals surface area contributed by atoms with Crippen LogP contribution in [0.25, 0.3) is 0 Å². The first-order valence-corrected chi connectivity index (χ1v) is 18.1. The highest BCUT2D eigenvalue weighted by Gasteiger charge is 2.35. The summed E-state index contributed by atoms with van der Waals surface area (Å²) in [6.45, 7) is 1.34. The van der Waals surface area contributed by atoms with Crippen LogP contribution in [-0.2, 0) is 32.6 Å². The van der Waals surface area contributed by atoms with Crippen molar-refractivity contribution in [3.05, 3.63) is 125 Å². The van der Waals surface area contributed by atoms with Crippen LogP contribution < -0.4 is 14.4 Å². The Morgan fingerprint density at radius 3 is 2.17 bits per heavy atom. The van der Waals surface area contributed by atoms with Crippen LogP contribution >= 0.6 is 11.6 Å². The third-order valence-corrected chi connectivity index (χ3v) is 10.9. The van der Waals surface area contributed by atoms with Gasteiger partial charge in [0, 0.05) is 24.0 Å². The summed E-state index contributed by atoms with van der Waals surface area (Å²) in [4.78, 5) is 30.5. The highest BCUT2D eigenvalue weighted by molar-refractivity contribution is 7.92. The lowest BCUT2D eigenvalue weighted by molar-refractivity contribution is -0.140. The molecule has 8 nitrogen and oxygen atoms in total. The second-order valence-corrected chi connectivity index (χ2v) is 14.5. The van der Waals surface area contributed by atoms with Gasteiger partial charge in [0.1, 0.15) is 18.3 Å². The number of hydrogen-bond donors (Lipinski definition) is 1. The number of carbonyl (C=O) groups excluding carboxylic acids is 2. The summed E-state index contributed by atoms with van der Waals surface area (Å²) >= 11 is 6.61. The quantitative estimate of drug-likeness (QED) is 0.164. The fourth-order valence-corrected chi connectivity index (χ4v) is 7.63. The van der Waals surface area contributed by atoms with Crippen LogP contribution in [0.5, 0.6) is 5.75 Å². The number of nitrogens with one attached hydrogen (secondary N) is 1. The third-order valence-electron chi connectivity index (χ3n) is 8.77. The maximum Gasteiger partial charge on any atom is 0.264 e. The van der Waals surface area contributed by atoms with Crippen LogP contribution in [-0.4, -0.2) is 50.9 Å². The molecule has 0 saturated heterocycles. The molecule has 0 bridgehead atoms. The molecule has 1 aliphatic rings. The van der Waals surface area contributed by atoms with E-state index in [0.29, 0.717) is 16.3 Å². The van der Waals surface area contributed by atoms with Crippen LogP contribution in [0.15, 0.2) is 108 Å². The summed E-state index contributed by atoms with van der Waals surface area (Å²) in [5.74, 6) is -0.273. The highest BCUT2D eigenvalue weighted by atomic mass is 35.5. The van der Waals surface area contributed by atoms with Gasteiger partial charge in [-0.3, -0.25) is 13.9 Å². The number of rotatable bonds is 13. The van der Waals surface area contributed by atoms with E-state index in [4.69, 9.17) is 16.3 Å². The Hall–Kier alpha value is -4.34. The topological polar surface area (TPSA) is 96.0 Å². The molecule has 10 heteroatoms. The van der Waals surface area contributed by atoms with Crippen molar-refractivity contribution in [2.45, 2.75) is 69.0 Å². The van der Waals surface area contributed by atoms with E-state index >= 15 is 0 Å². The molecule has 48 heavy (non-hydrogen) atoms. The number of halogens is 1. The van der Waals surface area contributed by atoms with Gasteiger partial charge >= 0.3 is 0 Å². The Morgan fingerprint density at radius 2 is 1.52 bits per heavy atom. The number of anilines is 1. The summed E-state index contributed by atoms with van der Waals surface area (Å²) in [5.41, 5.74) is 2.71. The van der Waals surface area contributed by atoms with Crippen molar-refractivity contribution in [1.82, 2.24) is 10.2 Å². The van der Waals surface area contributed by atoms with Crippen molar-refractivity contribution in [1.29, 1.82) is 0 Å². The highest BCUT2D eigenvalue weighted by Crippen LogP contribution is 2.28. The van der Waals surface area contributed by atoms with Gasteiger partial charge in [0.15, 0.2) is 0 Å². The zero-order valence-corrected chi connectivity index (χ0v) is 28.9. The van der Waals surface area contributed by atoms with Crippen molar-refractivity contribution in [2.75, 3.05) is 18.0 Å². The number of amides is 2. The minimum Gasteiger partial charge on any atom is -0.497 e. The minimum atomic E-state index is -4.21. The molecule has 4 aromatic rings. The molecule has 0 radical (unpaired) electrons. The van der Waals surface area contributed by atoms with E-state index in [-0.39, 0.29) is 35.5 Å². The number of nitrogens with zero attached hydrogens (tertiary/aromatic N) is 2. The predicted molar refractivity (Wildman–Crippen MR) is 190 cm³/mol. The number of methoxy groups -OCH3 is 1. The maximum atomic E-state index is 14.7. The smallest absolute Gasteiger partial charge is 0.264 e. The van der Waals surface area contributed by atoms with Crippen LogP contribution in [0.2, 0.25) is 5.02 Å². The molecule has 1 aliphatic carbocycles. The SMILES string of the molecule is COc1ccc(N(CC(=O)N(Cc2ccccc2Cl)C(Cc2ccccc2)C(=O)NC2CCCCC2)S(=O)(=O)c2ccc(C)cc2)cc1. The normalized spacial score (nSPS) is 14.1. The summed E-state index contributed by atoms with van der Waals surface area (Å²) in [7, 11) is -2.68. The molecule has 0 aliphatic heterocycles. The average Bonchev–Trinajstić information content (AvgIpc) is 3.10. The van der Waals surface area contributed by atoms with Crippen molar-refractivity contribution >= 4 is 39.1 Å². The zero-order chi connectivity index (χ0) is 34.1. The predicted octanol–water partition coefficient (Wildman–Crippen LogP) is 6.94. The van der Waals surface area contributed by atoms with Gasteiger partial charge < -0.3 is 15.0 Å². The Kier molecular flexibility index (Phi) is 11.8. The number of ether oxygens (including phenoxy) is 1. The molecule has 5 rings (SSSR count). The molecular weight excluding hydrogens is 646 g/mol. The first kappa shape index (κ1) is 35.0. The second kappa shape index (κ2) is 16.2. The molecule has 0 aromatic heterocycles. The monoisotopic (exact) mass is 687 g/mol. The van der Waals surface area contributed by atoms with Gasteiger partial charge in [-0.05, 0) is 73.4 Å². The lowest BCUT2D eigenvalue weighted by atomic mass is 9.94. The third kappa shape index (κ3) is 8.76. The summed E-state index contributed by atoms with van der Waals surface area (Å²) < 4.78 is 34.9. The molecular formula is C38H42ClN3O5S. The Bertz CT molecular complexity index is 1780. The number of hydrogen-bond acceptors (Lipinski definition) is 5. The van der Waals surface area contributed by atoms with Gasteiger partial charge in [-0.25, -0.2) is 8.42 Å². The van der Waals surface area contributed by atoms with E-state index in [9.17, 15) is 18.0 Å². The zero-order valence-electron chi connectivity index (χ0n) is 27.3. The molecule has 1 N–H and O–H groups in total. The van der Waals surface area contributed by atoms with Gasteiger partial charge in [0.25, 0.3) is 10.0 Å². The minimum absolute atomic E-state index is 0.00905. The van der Waals surface area contributed by atoms with Crippen molar-refractivity contribution in [3.63, 3.8) is 0 Å². The van der Waals surface area contributed by atoms with Gasteiger partial charge in [-0.1, -0.05) is 97.1 Å². The van der Waals surface area contributed by atoms with Crippen molar-refractivity contribution in [2.24, 2.45) is 0 Å². The number of benzene rings is 4. The molecule has 2 amide bonds. The van der Waals surface area contributed by atoms with E-state index in [1.807, 2.05) is 49.4 Å². The van der Waals surface area contributed by atoms with E-state index in [2.05, 4.69) is 5.32 Å². The van der Waals surface area contributed by atoms with Gasteiger partial charge in [-0.15, -0.1) is 0 Å². The molecule has 1 fully saturated rings. The second-order valence-electron chi connectivity index (χ2n) is 12.2. The standard InChI is InChI=1S/C38H42ClN3O5S/c1-28-17-23-34(24-18-28)48(45,46)42(32-19-21-33(47-2)22-20-32)27-37(43)41(26-30-13-9-10-16-35(30)39)36(25-29-11-5-3-6-12-29)38(44)40-31-14-7-4-8-15-31/h3,5-6,9-13,16-24,31,36H,4,7-8,14-15,25-27H2,1-2H3,(H,40,44).